The second-order valence-electron chi connectivity index (χ2n) is 4.97. The summed E-state index contributed by atoms with van der Waals surface area (Å²) in [4.78, 5) is 4.22. The van der Waals surface area contributed by atoms with Crippen molar-refractivity contribution in [1.29, 1.82) is 0 Å². The molecule has 0 radical (unpaired) electrons. The first-order valence-corrected chi connectivity index (χ1v) is 7.19. The number of nitrogens with zero attached hydrogens (tertiary/aromatic N) is 1. The van der Waals surface area contributed by atoms with Gasteiger partial charge in [-0.1, -0.05) is 17.7 Å². The summed E-state index contributed by atoms with van der Waals surface area (Å²) in [7, 11) is 0. The van der Waals surface area contributed by atoms with Crippen LogP contribution >= 0.6 is 11.6 Å². The van der Waals surface area contributed by atoms with Gasteiger partial charge in [0.1, 0.15) is 5.82 Å². The quantitative estimate of drug-likeness (QED) is 0.877. The van der Waals surface area contributed by atoms with Crippen molar-refractivity contribution in [2.24, 2.45) is 0 Å². The minimum Gasteiger partial charge on any atom is -0.475 e. The van der Waals surface area contributed by atoms with Crippen LogP contribution in [0.2, 0.25) is 5.02 Å². The van der Waals surface area contributed by atoms with Gasteiger partial charge < -0.3 is 10.1 Å². The molecular formula is C16H18ClFN2O. The zero-order chi connectivity index (χ0) is 15.2. The third-order valence-electron chi connectivity index (χ3n) is 2.84. The van der Waals surface area contributed by atoms with E-state index in [9.17, 15) is 4.39 Å². The zero-order valence-corrected chi connectivity index (χ0v) is 12.8. The molecule has 1 heterocycles. The molecule has 1 aromatic carbocycles. The lowest BCUT2D eigenvalue weighted by molar-refractivity contribution is 0.229. The summed E-state index contributed by atoms with van der Waals surface area (Å²) >= 11 is 5.87. The van der Waals surface area contributed by atoms with Gasteiger partial charge in [0.25, 0.3) is 0 Å². The van der Waals surface area contributed by atoms with Crippen LogP contribution in [0.5, 0.6) is 5.88 Å². The van der Waals surface area contributed by atoms with Crippen LogP contribution in [-0.2, 0) is 13.1 Å². The lowest BCUT2D eigenvalue weighted by Crippen LogP contribution is -2.16. The van der Waals surface area contributed by atoms with Gasteiger partial charge >= 0.3 is 0 Å². The highest BCUT2D eigenvalue weighted by atomic mass is 35.5. The molecule has 21 heavy (non-hydrogen) atoms. The average molecular weight is 309 g/mol. The van der Waals surface area contributed by atoms with E-state index in [1.807, 2.05) is 26.0 Å². The van der Waals surface area contributed by atoms with Gasteiger partial charge in [-0.25, -0.2) is 9.37 Å². The van der Waals surface area contributed by atoms with Crippen molar-refractivity contribution in [3.05, 3.63) is 58.5 Å². The molecule has 0 saturated heterocycles. The van der Waals surface area contributed by atoms with Crippen molar-refractivity contribution in [2.45, 2.75) is 33.0 Å². The molecule has 1 N–H and O–H groups in total. The number of nitrogens with one attached hydrogen (secondary N) is 1. The van der Waals surface area contributed by atoms with Crippen LogP contribution in [0.3, 0.4) is 0 Å². The SMILES string of the molecule is CC(C)Oc1ncccc1CNCc1cc(Cl)ccc1F. The van der Waals surface area contributed by atoms with Gasteiger partial charge in [-0.2, -0.15) is 0 Å². The van der Waals surface area contributed by atoms with Crippen LogP contribution in [0, 0.1) is 5.82 Å². The predicted molar refractivity (Wildman–Crippen MR) is 82.0 cm³/mol. The molecule has 0 saturated carbocycles. The number of halogens is 2. The van der Waals surface area contributed by atoms with Crippen molar-refractivity contribution < 1.29 is 9.13 Å². The molecule has 0 fully saturated rings. The summed E-state index contributed by atoms with van der Waals surface area (Å²) in [6, 6.07) is 8.32. The standard InChI is InChI=1S/C16H18ClFN2O/c1-11(2)21-16-12(4-3-7-20-16)9-19-10-13-8-14(17)5-6-15(13)18/h3-8,11,19H,9-10H2,1-2H3. The first-order chi connectivity index (χ1) is 10.1. The Bertz CT molecular complexity index is 605. The molecule has 112 valence electrons. The van der Waals surface area contributed by atoms with Crippen LogP contribution in [0.25, 0.3) is 0 Å². The number of benzene rings is 1. The maximum atomic E-state index is 13.6. The number of aromatic nitrogens is 1. The second-order valence-corrected chi connectivity index (χ2v) is 5.41. The molecule has 1 aromatic heterocycles. The number of rotatable bonds is 6. The maximum absolute atomic E-state index is 13.6. The fourth-order valence-electron chi connectivity index (χ4n) is 1.90. The molecule has 0 aliphatic carbocycles. The molecule has 3 nitrogen and oxygen atoms in total. The Hall–Kier alpha value is -1.65. The number of hydrogen-bond acceptors (Lipinski definition) is 3. The van der Waals surface area contributed by atoms with E-state index in [-0.39, 0.29) is 11.9 Å². The number of hydrogen-bond donors (Lipinski definition) is 1. The summed E-state index contributed by atoms with van der Waals surface area (Å²) in [6.07, 6.45) is 1.75. The Labute approximate surface area is 129 Å². The van der Waals surface area contributed by atoms with Crippen molar-refractivity contribution in [3.63, 3.8) is 0 Å². The minimum absolute atomic E-state index is 0.0593. The lowest BCUT2D eigenvalue weighted by atomic mass is 10.2. The Kier molecular flexibility index (Phi) is 5.53. The van der Waals surface area contributed by atoms with E-state index in [1.54, 1.807) is 12.3 Å². The summed E-state index contributed by atoms with van der Waals surface area (Å²) in [6.45, 7) is 4.84. The van der Waals surface area contributed by atoms with E-state index in [0.717, 1.165) is 5.56 Å². The highest BCUT2D eigenvalue weighted by Gasteiger charge is 2.07. The van der Waals surface area contributed by atoms with E-state index in [4.69, 9.17) is 16.3 Å². The van der Waals surface area contributed by atoms with Crippen molar-refractivity contribution in [3.8, 4) is 5.88 Å². The molecule has 0 aliphatic heterocycles. The van der Waals surface area contributed by atoms with E-state index < -0.39 is 0 Å². The highest BCUT2D eigenvalue weighted by Crippen LogP contribution is 2.17. The largest absolute Gasteiger partial charge is 0.475 e. The summed E-state index contributed by atoms with van der Waals surface area (Å²) in [5.41, 5.74) is 1.48. The van der Waals surface area contributed by atoms with Crippen LogP contribution < -0.4 is 10.1 Å². The molecule has 5 heteroatoms. The third kappa shape index (κ3) is 4.69. The fraction of sp³-hybridized carbons (Fsp3) is 0.312. The minimum atomic E-state index is -0.267. The third-order valence-corrected chi connectivity index (χ3v) is 3.07. The molecular weight excluding hydrogens is 291 g/mol. The van der Waals surface area contributed by atoms with Gasteiger partial charge in [-0.15, -0.1) is 0 Å². The van der Waals surface area contributed by atoms with Crippen molar-refractivity contribution >= 4 is 11.6 Å². The van der Waals surface area contributed by atoms with Gasteiger partial charge in [-0.05, 0) is 38.1 Å². The number of ether oxygens (including phenoxy) is 1. The summed E-state index contributed by atoms with van der Waals surface area (Å²) < 4.78 is 19.3. The van der Waals surface area contributed by atoms with Crippen LogP contribution in [0.15, 0.2) is 36.5 Å². The molecule has 0 unspecified atom stereocenters. The van der Waals surface area contributed by atoms with Crippen LogP contribution in [0.1, 0.15) is 25.0 Å². The summed E-state index contributed by atoms with van der Waals surface area (Å²) in [5, 5.41) is 3.71. The van der Waals surface area contributed by atoms with Crippen LogP contribution in [0.4, 0.5) is 4.39 Å². The Morgan fingerprint density at radius 2 is 2.00 bits per heavy atom. The van der Waals surface area contributed by atoms with Crippen molar-refractivity contribution in [2.75, 3.05) is 0 Å². The molecule has 0 bridgehead atoms. The lowest BCUT2D eigenvalue weighted by Gasteiger charge is -2.13. The monoisotopic (exact) mass is 308 g/mol. The molecule has 2 rings (SSSR count). The van der Waals surface area contributed by atoms with Gasteiger partial charge in [0.05, 0.1) is 6.10 Å². The average Bonchev–Trinajstić information content (AvgIpc) is 2.44. The topological polar surface area (TPSA) is 34.1 Å². The summed E-state index contributed by atoms with van der Waals surface area (Å²) in [5.74, 6) is 0.336. The van der Waals surface area contributed by atoms with E-state index in [1.165, 1.54) is 12.1 Å². The first kappa shape index (κ1) is 15.7. The van der Waals surface area contributed by atoms with Crippen molar-refractivity contribution in [1.82, 2.24) is 10.3 Å². The molecule has 0 atom stereocenters. The van der Waals surface area contributed by atoms with Crippen LogP contribution in [-0.4, -0.2) is 11.1 Å². The Morgan fingerprint density at radius 3 is 2.76 bits per heavy atom. The number of pyridine rings is 1. The molecule has 0 amide bonds. The second kappa shape index (κ2) is 7.38. The maximum Gasteiger partial charge on any atom is 0.218 e. The smallest absolute Gasteiger partial charge is 0.218 e. The van der Waals surface area contributed by atoms with Gasteiger partial charge in [0.2, 0.25) is 5.88 Å². The zero-order valence-electron chi connectivity index (χ0n) is 12.1. The fourth-order valence-corrected chi connectivity index (χ4v) is 2.09. The first-order valence-electron chi connectivity index (χ1n) is 6.81. The highest BCUT2D eigenvalue weighted by molar-refractivity contribution is 6.30. The van der Waals surface area contributed by atoms with Gasteiger partial charge in [0, 0.05) is 35.4 Å². The Balaban J connectivity index is 1.99. The van der Waals surface area contributed by atoms with E-state index in [2.05, 4.69) is 10.3 Å². The molecule has 0 aliphatic rings. The molecule has 0 spiro atoms. The van der Waals surface area contributed by atoms with Gasteiger partial charge in [0.15, 0.2) is 0 Å². The van der Waals surface area contributed by atoms with Gasteiger partial charge in [-0.3, -0.25) is 0 Å². The van der Waals surface area contributed by atoms with E-state index >= 15 is 0 Å². The Morgan fingerprint density at radius 1 is 1.24 bits per heavy atom. The predicted octanol–water partition coefficient (Wildman–Crippen LogP) is 3.95. The molecule has 2 aromatic rings. The van der Waals surface area contributed by atoms with E-state index in [0.29, 0.717) is 29.6 Å². The normalized spacial score (nSPS) is 10.9.